The van der Waals surface area contributed by atoms with Gasteiger partial charge in [0.2, 0.25) is 5.95 Å². The molecule has 1 aromatic carbocycles. The molecule has 2 aromatic heterocycles. The third kappa shape index (κ3) is 3.87. The van der Waals surface area contributed by atoms with Gasteiger partial charge in [-0.3, -0.25) is 14.2 Å². The van der Waals surface area contributed by atoms with E-state index in [-0.39, 0.29) is 22.6 Å². The zero-order valence-corrected chi connectivity index (χ0v) is 22.1. The Morgan fingerprint density at radius 3 is 2.38 bits per heavy atom. The van der Waals surface area contributed by atoms with Crippen molar-refractivity contribution in [1.29, 1.82) is 0 Å². The van der Waals surface area contributed by atoms with Crippen molar-refractivity contribution in [3.8, 4) is 0 Å². The molecule has 4 heterocycles. The molecule has 3 aromatic rings. The second kappa shape index (κ2) is 8.55. The summed E-state index contributed by atoms with van der Waals surface area (Å²) in [5, 5.41) is 4.01. The minimum absolute atomic E-state index is 0.165. The Balaban J connectivity index is 1.29. The normalized spacial score (nSPS) is 19.7. The molecule has 1 N–H and O–H groups in total. The van der Waals surface area contributed by atoms with Crippen LogP contribution in [0.1, 0.15) is 43.0 Å². The summed E-state index contributed by atoms with van der Waals surface area (Å²) in [6, 6.07) is 10.00. The van der Waals surface area contributed by atoms with Gasteiger partial charge in [0.25, 0.3) is 11.5 Å². The van der Waals surface area contributed by atoms with E-state index >= 15 is 0 Å². The molecule has 3 aliphatic rings. The topological polar surface area (TPSA) is 86.6 Å². The largest absolute Gasteiger partial charge is 0.370 e. The van der Waals surface area contributed by atoms with Crippen LogP contribution in [0.5, 0.6) is 0 Å². The molecule has 0 radical (unpaired) electrons. The smallest absolute Gasteiger partial charge is 0.265 e. The summed E-state index contributed by atoms with van der Waals surface area (Å²) < 4.78 is 1.77. The van der Waals surface area contributed by atoms with Crippen molar-refractivity contribution in [3.63, 3.8) is 0 Å². The zero-order chi connectivity index (χ0) is 25.9. The number of carbonyl (C=O) groups excluding carboxylic acids is 1. The summed E-state index contributed by atoms with van der Waals surface area (Å²) in [6.45, 7) is 6.72. The maximum Gasteiger partial charge on any atom is 0.265 e. The quantitative estimate of drug-likeness (QED) is 0.555. The van der Waals surface area contributed by atoms with E-state index in [4.69, 9.17) is 4.98 Å². The van der Waals surface area contributed by atoms with Crippen molar-refractivity contribution in [1.82, 2.24) is 24.3 Å². The van der Waals surface area contributed by atoms with Crippen LogP contribution < -0.4 is 15.8 Å². The molecule has 3 fully saturated rings. The van der Waals surface area contributed by atoms with Crippen LogP contribution >= 0.6 is 0 Å². The molecule has 1 aliphatic carbocycles. The average Bonchev–Trinajstić information content (AvgIpc) is 2.81. The van der Waals surface area contributed by atoms with E-state index in [1.165, 1.54) is 23.7 Å². The Morgan fingerprint density at radius 1 is 1.11 bits per heavy atom. The Morgan fingerprint density at radius 2 is 1.81 bits per heavy atom. The van der Waals surface area contributed by atoms with Gasteiger partial charge in [-0.25, -0.2) is 4.98 Å². The monoisotopic (exact) mass is 501 g/mol. The Bertz CT molecular complexity index is 1410. The van der Waals surface area contributed by atoms with Gasteiger partial charge in [-0.05, 0) is 63.1 Å². The molecule has 2 aliphatic heterocycles. The number of benzene rings is 1. The molecule has 1 spiro atoms. The number of fused-ring (bicyclic) bond motifs is 1. The van der Waals surface area contributed by atoms with E-state index in [2.05, 4.69) is 46.2 Å². The number of nitrogens with zero attached hydrogens (tertiary/aromatic N) is 6. The second-order valence-corrected chi connectivity index (χ2v) is 11.5. The maximum atomic E-state index is 13.6. The number of hydrogen-bond donors (Lipinski definition) is 1. The van der Waals surface area contributed by atoms with Crippen LogP contribution in [0.3, 0.4) is 0 Å². The molecule has 1 saturated carbocycles. The van der Waals surface area contributed by atoms with Crippen molar-refractivity contribution in [2.45, 2.75) is 38.1 Å². The average molecular weight is 502 g/mol. The number of anilines is 3. The molecule has 37 heavy (non-hydrogen) atoms. The van der Waals surface area contributed by atoms with Crippen molar-refractivity contribution in [3.05, 3.63) is 52.4 Å². The van der Waals surface area contributed by atoms with E-state index in [0.29, 0.717) is 22.4 Å². The summed E-state index contributed by atoms with van der Waals surface area (Å²) in [5.41, 5.74) is 2.77. The molecular formula is C28H35N7O2. The number of rotatable bonds is 6. The number of aromatic nitrogens is 3. The molecule has 0 atom stereocenters. The standard InChI is InChI=1S/C28H35N7O2/c1-5-28(11-6-12-28)35-23-19(13-22(25(35)37)24(36)32(2)3)14-29-26(31-23)30-20-7-9-21(10-8-20)34-17-27(18-34)15-33(4)16-27/h7-10,13-14H,5-6,11-12,15-18H2,1-4H3,(H,29,30,31). The van der Waals surface area contributed by atoms with Gasteiger partial charge in [0.05, 0.1) is 0 Å². The van der Waals surface area contributed by atoms with Gasteiger partial charge in [-0.15, -0.1) is 0 Å². The van der Waals surface area contributed by atoms with Gasteiger partial charge in [0, 0.05) is 74.2 Å². The van der Waals surface area contributed by atoms with E-state index in [1.54, 1.807) is 30.9 Å². The fourth-order valence-corrected chi connectivity index (χ4v) is 6.44. The molecule has 1 amide bonds. The zero-order valence-electron chi connectivity index (χ0n) is 22.1. The van der Waals surface area contributed by atoms with E-state index in [9.17, 15) is 9.59 Å². The Labute approximate surface area is 217 Å². The van der Waals surface area contributed by atoms with E-state index in [1.807, 2.05) is 12.1 Å². The maximum absolute atomic E-state index is 13.6. The van der Waals surface area contributed by atoms with Crippen LogP contribution in [-0.2, 0) is 5.54 Å². The lowest BCUT2D eigenvalue weighted by atomic mass is 9.73. The molecule has 0 unspecified atom stereocenters. The summed E-state index contributed by atoms with van der Waals surface area (Å²) in [5.74, 6) is 0.136. The van der Waals surface area contributed by atoms with Crippen LogP contribution in [0.2, 0.25) is 0 Å². The Hall–Kier alpha value is -3.46. The molecule has 194 valence electrons. The van der Waals surface area contributed by atoms with Gasteiger partial charge in [-0.1, -0.05) is 6.92 Å². The van der Waals surface area contributed by atoms with Crippen molar-refractivity contribution < 1.29 is 4.79 Å². The van der Waals surface area contributed by atoms with Gasteiger partial charge in [0.15, 0.2) is 0 Å². The predicted octanol–water partition coefficient (Wildman–Crippen LogP) is 3.28. The number of hydrogen-bond acceptors (Lipinski definition) is 7. The third-order valence-electron chi connectivity index (χ3n) is 8.55. The number of pyridine rings is 1. The first kappa shape index (κ1) is 23.9. The van der Waals surface area contributed by atoms with Crippen molar-refractivity contribution in [2.75, 3.05) is 57.5 Å². The van der Waals surface area contributed by atoms with Gasteiger partial charge < -0.3 is 20.0 Å². The highest BCUT2D eigenvalue weighted by Crippen LogP contribution is 2.43. The summed E-state index contributed by atoms with van der Waals surface area (Å²) >= 11 is 0. The highest BCUT2D eigenvalue weighted by atomic mass is 16.2. The van der Waals surface area contributed by atoms with Crippen molar-refractivity contribution in [2.24, 2.45) is 5.41 Å². The molecule has 0 bridgehead atoms. The first-order valence-corrected chi connectivity index (χ1v) is 13.2. The molecule has 9 nitrogen and oxygen atoms in total. The van der Waals surface area contributed by atoms with Crippen LogP contribution in [0.15, 0.2) is 41.3 Å². The van der Waals surface area contributed by atoms with E-state index < -0.39 is 0 Å². The molecule has 9 heteroatoms. The minimum Gasteiger partial charge on any atom is -0.370 e. The fraction of sp³-hybridized carbons (Fsp3) is 0.500. The lowest BCUT2D eigenvalue weighted by Crippen LogP contribution is -2.71. The highest BCUT2D eigenvalue weighted by Gasteiger charge is 2.50. The number of carbonyl (C=O) groups is 1. The van der Waals surface area contributed by atoms with Gasteiger partial charge >= 0.3 is 0 Å². The Kier molecular flexibility index (Phi) is 5.52. The lowest BCUT2D eigenvalue weighted by molar-refractivity contribution is -0.00238. The van der Waals surface area contributed by atoms with Crippen LogP contribution in [0.4, 0.5) is 17.3 Å². The predicted molar refractivity (Wildman–Crippen MR) is 146 cm³/mol. The van der Waals surface area contributed by atoms with Crippen LogP contribution in [0.25, 0.3) is 11.0 Å². The minimum atomic E-state index is -0.310. The number of nitrogens with one attached hydrogen (secondary N) is 1. The fourth-order valence-electron chi connectivity index (χ4n) is 6.44. The van der Waals surface area contributed by atoms with Gasteiger partial charge in [0.1, 0.15) is 11.2 Å². The van der Waals surface area contributed by atoms with Crippen molar-refractivity contribution >= 4 is 34.3 Å². The molecule has 6 rings (SSSR count). The first-order chi connectivity index (χ1) is 17.7. The van der Waals surface area contributed by atoms with E-state index in [0.717, 1.165) is 44.5 Å². The van der Waals surface area contributed by atoms with Gasteiger partial charge in [-0.2, -0.15) is 4.98 Å². The summed E-state index contributed by atoms with van der Waals surface area (Å²) in [7, 11) is 5.51. The summed E-state index contributed by atoms with van der Waals surface area (Å²) in [4.78, 5) is 42.0. The first-order valence-electron chi connectivity index (χ1n) is 13.2. The summed E-state index contributed by atoms with van der Waals surface area (Å²) in [6.07, 6.45) is 5.38. The molecular weight excluding hydrogens is 466 g/mol. The third-order valence-corrected chi connectivity index (χ3v) is 8.55. The SMILES string of the molecule is CCC1(n2c(=O)c(C(=O)N(C)C)cc3cnc(Nc4ccc(N5CC6(CN(C)C6)C5)cc4)nc32)CCC1. The number of likely N-dealkylation sites (tertiary alicyclic amines) is 1. The van der Waals surface area contributed by atoms with Crippen LogP contribution in [0, 0.1) is 5.41 Å². The lowest BCUT2D eigenvalue weighted by Gasteiger charge is -2.60. The van der Waals surface area contributed by atoms with Crippen LogP contribution in [-0.4, -0.2) is 77.6 Å². The second-order valence-electron chi connectivity index (χ2n) is 11.5. The number of amides is 1. The molecule has 2 saturated heterocycles. The highest BCUT2D eigenvalue weighted by molar-refractivity contribution is 5.96.